The topological polar surface area (TPSA) is 0 Å². The molecule has 0 heterocycles. The molecule has 0 unspecified atom stereocenters. The first-order chi connectivity index (χ1) is 5.52. The standard InChI is InChI=1S/C8H6Br2F2/c1-4-2-5(9)7(8(11)12)6(10)3-4/h2-3,8H,1H3. The molecular weight excluding hydrogens is 294 g/mol. The van der Waals surface area contributed by atoms with Crippen LogP contribution in [0.5, 0.6) is 0 Å². The molecule has 12 heavy (non-hydrogen) atoms. The van der Waals surface area contributed by atoms with E-state index < -0.39 is 6.43 Å². The molecule has 0 aliphatic carbocycles. The van der Waals surface area contributed by atoms with Crippen LogP contribution in [0.4, 0.5) is 8.78 Å². The van der Waals surface area contributed by atoms with Crippen LogP contribution >= 0.6 is 31.9 Å². The van der Waals surface area contributed by atoms with Crippen molar-refractivity contribution in [3.63, 3.8) is 0 Å². The molecule has 0 bridgehead atoms. The number of benzene rings is 1. The Labute approximate surface area is 86.2 Å². The zero-order valence-electron chi connectivity index (χ0n) is 6.24. The summed E-state index contributed by atoms with van der Waals surface area (Å²) in [6.07, 6.45) is -2.45. The van der Waals surface area contributed by atoms with Crippen LogP contribution in [0.3, 0.4) is 0 Å². The fraction of sp³-hybridized carbons (Fsp3) is 0.250. The lowest BCUT2D eigenvalue weighted by molar-refractivity contribution is 0.149. The van der Waals surface area contributed by atoms with Crippen molar-refractivity contribution < 1.29 is 8.78 Å². The van der Waals surface area contributed by atoms with Crippen LogP contribution in [0.15, 0.2) is 21.1 Å². The minimum Gasteiger partial charge on any atom is -0.205 e. The first-order valence-electron chi connectivity index (χ1n) is 3.26. The Kier molecular flexibility index (Phi) is 3.23. The monoisotopic (exact) mass is 298 g/mol. The Morgan fingerprint density at radius 2 is 1.58 bits per heavy atom. The van der Waals surface area contributed by atoms with E-state index in [0.717, 1.165) is 5.56 Å². The molecule has 0 N–H and O–H groups in total. The van der Waals surface area contributed by atoms with Crippen LogP contribution in [-0.2, 0) is 0 Å². The Bertz CT molecular complexity index is 274. The van der Waals surface area contributed by atoms with Gasteiger partial charge in [-0.3, -0.25) is 0 Å². The van der Waals surface area contributed by atoms with E-state index in [9.17, 15) is 8.78 Å². The van der Waals surface area contributed by atoms with Crippen molar-refractivity contribution >= 4 is 31.9 Å². The number of hydrogen-bond acceptors (Lipinski definition) is 0. The summed E-state index contributed by atoms with van der Waals surface area (Å²) in [7, 11) is 0. The summed E-state index contributed by atoms with van der Waals surface area (Å²) in [6.45, 7) is 1.85. The lowest BCUT2D eigenvalue weighted by Crippen LogP contribution is -1.89. The van der Waals surface area contributed by atoms with Gasteiger partial charge >= 0.3 is 0 Å². The maximum Gasteiger partial charge on any atom is 0.266 e. The molecule has 1 aromatic rings. The molecule has 66 valence electrons. The van der Waals surface area contributed by atoms with E-state index in [1.54, 1.807) is 12.1 Å². The molecule has 0 amide bonds. The second-order valence-electron chi connectivity index (χ2n) is 2.44. The van der Waals surface area contributed by atoms with Gasteiger partial charge in [0.25, 0.3) is 6.43 Å². The van der Waals surface area contributed by atoms with Crippen molar-refractivity contribution in [1.82, 2.24) is 0 Å². The predicted molar refractivity (Wildman–Crippen MR) is 51.5 cm³/mol. The van der Waals surface area contributed by atoms with Crippen LogP contribution in [0, 0.1) is 6.92 Å². The van der Waals surface area contributed by atoms with Crippen molar-refractivity contribution in [1.29, 1.82) is 0 Å². The van der Waals surface area contributed by atoms with Gasteiger partial charge in [-0.1, -0.05) is 31.9 Å². The van der Waals surface area contributed by atoms with Gasteiger partial charge < -0.3 is 0 Å². The average Bonchev–Trinajstić information content (AvgIpc) is 1.82. The molecule has 0 saturated carbocycles. The highest BCUT2D eigenvalue weighted by Gasteiger charge is 2.15. The van der Waals surface area contributed by atoms with Crippen LogP contribution in [0.25, 0.3) is 0 Å². The molecule has 1 rings (SSSR count). The van der Waals surface area contributed by atoms with Gasteiger partial charge in [0.1, 0.15) is 0 Å². The summed E-state index contributed by atoms with van der Waals surface area (Å²) in [6, 6.07) is 3.35. The predicted octanol–water partition coefficient (Wildman–Crippen LogP) is 4.46. The Morgan fingerprint density at radius 1 is 1.17 bits per heavy atom. The second kappa shape index (κ2) is 3.83. The minimum absolute atomic E-state index is 0.0144. The van der Waals surface area contributed by atoms with Gasteiger partial charge in [-0.05, 0) is 24.6 Å². The molecular formula is C8H6Br2F2. The molecule has 0 aromatic heterocycles. The van der Waals surface area contributed by atoms with E-state index in [2.05, 4.69) is 31.9 Å². The van der Waals surface area contributed by atoms with Crippen LogP contribution < -0.4 is 0 Å². The van der Waals surface area contributed by atoms with E-state index in [1.165, 1.54) is 0 Å². The van der Waals surface area contributed by atoms with Gasteiger partial charge in [0, 0.05) is 14.5 Å². The van der Waals surface area contributed by atoms with Crippen molar-refractivity contribution in [3.05, 3.63) is 32.2 Å². The lowest BCUT2D eigenvalue weighted by atomic mass is 10.2. The maximum absolute atomic E-state index is 12.4. The largest absolute Gasteiger partial charge is 0.266 e. The molecule has 0 fully saturated rings. The normalized spacial score (nSPS) is 10.8. The van der Waals surface area contributed by atoms with Gasteiger partial charge in [0.15, 0.2) is 0 Å². The zero-order chi connectivity index (χ0) is 9.30. The lowest BCUT2D eigenvalue weighted by Gasteiger charge is -2.06. The highest BCUT2D eigenvalue weighted by molar-refractivity contribution is 9.11. The van der Waals surface area contributed by atoms with Gasteiger partial charge in [-0.25, -0.2) is 8.78 Å². The van der Waals surface area contributed by atoms with Crippen LogP contribution in [-0.4, -0.2) is 0 Å². The zero-order valence-corrected chi connectivity index (χ0v) is 9.42. The Hall–Kier alpha value is 0.0400. The molecule has 4 heteroatoms. The van der Waals surface area contributed by atoms with E-state index >= 15 is 0 Å². The quantitative estimate of drug-likeness (QED) is 0.718. The number of hydrogen-bond donors (Lipinski definition) is 0. The Balaban J connectivity index is 3.28. The van der Waals surface area contributed by atoms with Crippen LogP contribution in [0.2, 0.25) is 0 Å². The smallest absolute Gasteiger partial charge is 0.205 e. The van der Waals surface area contributed by atoms with Crippen molar-refractivity contribution in [2.24, 2.45) is 0 Å². The average molecular weight is 300 g/mol. The fourth-order valence-corrected chi connectivity index (χ4v) is 2.68. The summed E-state index contributed by atoms with van der Waals surface area (Å²) < 4.78 is 25.6. The fourth-order valence-electron chi connectivity index (χ4n) is 0.919. The summed E-state index contributed by atoms with van der Waals surface area (Å²) in [4.78, 5) is 0. The number of halogens is 4. The Morgan fingerprint density at radius 3 is 1.92 bits per heavy atom. The number of alkyl halides is 2. The third-order valence-electron chi connectivity index (χ3n) is 1.44. The van der Waals surface area contributed by atoms with Gasteiger partial charge in [0.2, 0.25) is 0 Å². The number of rotatable bonds is 1. The minimum atomic E-state index is -2.45. The molecule has 0 atom stereocenters. The van der Waals surface area contributed by atoms with E-state index in [4.69, 9.17) is 0 Å². The third-order valence-corrected chi connectivity index (χ3v) is 2.75. The van der Waals surface area contributed by atoms with Gasteiger partial charge in [-0.2, -0.15) is 0 Å². The second-order valence-corrected chi connectivity index (χ2v) is 4.15. The van der Waals surface area contributed by atoms with Gasteiger partial charge in [-0.15, -0.1) is 0 Å². The van der Waals surface area contributed by atoms with Crippen molar-refractivity contribution in [2.45, 2.75) is 13.3 Å². The van der Waals surface area contributed by atoms with Crippen LogP contribution in [0.1, 0.15) is 17.6 Å². The molecule has 0 spiro atoms. The highest BCUT2D eigenvalue weighted by atomic mass is 79.9. The molecule has 0 saturated heterocycles. The van der Waals surface area contributed by atoms with Crippen molar-refractivity contribution in [3.8, 4) is 0 Å². The van der Waals surface area contributed by atoms with E-state index in [-0.39, 0.29) is 5.56 Å². The number of aryl methyl sites for hydroxylation is 1. The molecule has 0 aliphatic heterocycles. The van der Waals surface area contributed by atoms with E-state index in [0.29, 0.717) is 8.95 Å². The molecule has 0 nitrogen and oxygen atoms in total. The highest BCUT2D eigenvalue weighted by Crippen LogP contribution is 2.34. The third kappa shape index (κ3) is 2.04. The molecule has 0 aliphatic rings. The summed E-state index contributed by atoms with van der Waals surface area (Å²) in [5.74, 6) is 0. The first kappa shape index (κ1) is 10.1. The molecule has 0 radical (unpaired) electrons. The summed E-state index contributed by atoms with van der Waals surface area (Å²) in [5.41, 5.74) is 0.957. The van der Waals surface area contributed by atoms with Gasteiger partial charge in [0.05, 0.1) is 0 Å². The van der Waals surface area contributed by atoms with E-state index in [1.807, 2.05) is 6.92 Å². The SMILES string of the molecule is Cc1cc(Br)c(C(F)F)c(Br)c1. The maximum atomic E-state index is 12.4. The molecule has 1 aromatic carbocycles. The van der Waals surface area contributed by atoms with Crippen molar-refractivity contribution in [2.75, 3.05) is 0 Å². The summed E-state index contributed by atoms with van der Waals surface area (Å²) in [5, 5.41) is 0. The summed E-state index contributed by atoms with van der Waals surface area (Å²) >= 11 is 6.18. The first-order valence-corrected chi connectivity index (χ1v) is 4.84.